The molecule has 0 bridgehead atoms. The number of rotatable bonds is 6. The van der Waals surface area contributed by atoms with Crippen LogP contribution in [-0.2, 0) is 7.58 Å². The van der Waals surface area contributed by atoms with Crippen molar-refractivity contribution in [2.75, 3.05) is 0 Å². The second kappa shape index (κ2) is 9.50. The number of hydrogen-bond donors (Lipinski definition) is 0. The Balaban J connectivity index is 3.61. The molecule has 0 aromatic heterocycles. The van der Waals surface area contributed by atoms with Crippen molar-refractivity contribution in [1.82, 2.24) is 0 Å². The van der Waals surface area contributed by atoms with E-state index in [1.54, 1.807) is 0 Å². The molecule has 0 aliphatic heterocycles. The van der Waals surface area contributed by atoms with Crippen molar-refractivity contribution in [3.63, 3.8) is 0 Å². The molecule has 0 unspecified atom stereocenters. The summed E-state index contributed by atoms with van der Waals surface area (Å²) in [5, 5.41) is 0. The van der Waals surface area contributed by atoms with Crippen molar-refractivity contribution < 1.29 is 86.0 Å². The van der Waals surface area contributed by atoms with Crippen LogP contribution in [0.15, 0.2) is 0 Å². The van der Waals surface area contributed by atoms with Gasteiger partial charge in [0, 0.05) is 0 Å². The second-order valence-corrected chi connectivity index (χ2v) is 6.86. The Hall–Kier alpha value is -1.72. The summed E-state index contributed by atoms with van der Waals surface area (Å²) >= 11 is -6.40. The molecule has 190 valence electrons. The smallest absolute Gasteiger partial charge is 0.594 e. The topological polar surface area (TPSA) is 27.7 Å². The van der Waals surface area contributed by atoms with E-state index in [1.165, 1.54) is 0 Å². The lowest BCUT2D eigenvalue weighted by molar-refractivity contribution is -0.321. The van der Waals surface area contributed by atoms with Crippen LogP contribution < -0.4 is 3.79 Å². The summed E-state index contributed by atoms with van der Waals surface area (Å²) in [6, 6.07) is 0. The number of hydrogen-bond acceptors (Lipinski definition) is 3. The minimum Gasteiger partial charge on any atom is -0.594 e. The van der Waals surface area contributed by atoms with E-state index in [2.05, 4.69) is 11.4 Å². The third-order valence-corrected chi connectivity index (χ3v) is 4.48. The summed E-state index contributed by atoms with van der Waals surface area (Å²) in [4.78, 5) is 0. The molecule has 0 aliphatic carbocycles. The quantitative estimate of drug-likeness (QED) is 0.197. The van der Waals surface area contributed by atoms with Crippen LogP contribution in [0.4, 0.5) is 74.6 Å². The molecular weight excluding hydrogens is 542 g/mol. The van der Waals surface area contributed by atoms with Crippen molar-refractivity contribution in [2.24, 2.45) is 0 Å². The maximum Gasteiger partial charge on any atom is 1.00 e. The molecule has 0 aliphatic rings. The molecule has 3 nitrogen and oxygen atoms in total. The zero-order chi connectivity index (χ0) is 26.3. The van der Waals surface area contributed by atoms with Gasteiger partial charge in [0.2, 0.25) is 41.3 Å². The van der Waals surface area contributed by atoms with Crippen LogP contribution in [-0.4, -0.2) is 52.1 Å². The molecule has 1 aromatic rings. The zero-order valence-electron chi connectivity index (χ0n) is 14.4. The number of alkyl halides is 12. The van der Waals surface area contributed by atoms with E-state index >= 15 is 0 Å². The fourth-order valence-corrected chi connectivity index (χ4v) is 3.41. The molecule has 0 atom stereocenters. The molecule has 0 N–H and O–H groups in total. The molecule has 0 saturated heterocycles. The van der Waals surface area contributed by atoms with Crippen molar-refractivity contribution in [3.05, 3.63) is 29.1 Å². The average molecular weight is 544 g/mol. The third kappa shape index (κ3) is 7.13. The van der Waals surface area contributed by atoms with E-state index in [1.807, 2.05) is 0 Å². The second-order valence-electron chi connectivity index (χ2n) is 5.50. The summed E-state index contributed by atoms with van der Waals surface area (Å²) in [6.07, 6.45) is -37.0. The van der Waals surface area contributed by atoms with E-state index in [0.717, 1.165) is 0 Å². The molecular formula is C12H2AlF17O3. The predicted octanol–water partition coefficient (Wildman–Crippen LogP) is 5.77. The Morgan fingerprint density at radius 2 is 0.697 bits per heavy atom. The normalized spacial score (nSPS) is 13.8. The first-order chi connectivity index (χ1) is 14.5. The van der Waals surface area contributed by atoms with Gasteiger partial charge in [-0.2, -0.15) is 61.5 Å². The SMILES string of the molecule is Fc1c(F)c(F)c([O][Al]([O]C(C(F)(F)F)C(F)(F)F)[O]C(C(F)(F)F)C(F)(F)F)c(F)c1F. The van der Waals surface area contributed by atoms with Crippen LogP contribution >= 0.6 is 0 Å². The van der Waals surface area contributed by atoms with Gasteiger partial charge in [0.25, 0.3) is 0 Å². The zero-order valence-corrected chi connectivity index (χ0v) is 15.5. The van der Waals surface area contributed by atoms with Gasteiger partial charge >= 0.3 is 39.9 Å². The van der Waals surface area contributed by atoms with Gasteiger partial charge in [-0.25, -0.2) is 13.2 Å². The summed E-state index contributed by atoms with van der Waals surface area (Å²) in [5.74, 6) is -18.1. The largest absolute Gasteiger partial charge is 1.00 e. The van der Waals surface area contributed by atoms with Gasteiger partial charge in [0.1, 0.15) is 0 Å². The lowest BCUT2D eigenvalue weighted by atomic mass is 10.3. The monoisotopic (exact) mass is 544 g/mol. The summed E-state index contributed by atoms with van der Waals surface area (Å²) < 4.78 is 226. The number of halogens is 17. The molecule has 1 rings (SSSR count). The molecule has 0 spiro atoms. The highest BCUT2D eigenvalue weighted by Crippen LogP contribution is 2.40. The van der Waals surface area contributed by atoms with Crippen molar-refractivity contribution >= 4 is 15.1 Å². The summed E-state index contributed by atoms with van der Waals surface area (Å²) in [6.45, 7) is 0. The van der Waals surface area contributed by atoms with Gasteiger partial charge in [-0.05, 0) is 0 Å². The molecule has 0 radical (unpaired) electrons. The first kappa shape index (κ1) is 29.3. The Kier molecular flexibility index (Phi) is 8.44. The van der Waals surface area contributed by atoms with Crippen LogP contribution in [0.2, 0.25) is 0 Å². The highest BCUT2D eigenvalue weighted by Gasteiger charge is 2.66. The third-order valence-electron chi connectivity index (χ3n) is 3.07. The highest BCUT2D eigenvalue weighted by molar-refractivity contribution is 6.37. The highest BCUT2D eigenvalue weighted by atomic mass is 27.3. The lowest BCUT2D eigenvalue weighted by Crippen LogP contribution is -2.54. The van der Waals surface area contributed by atoms with Crippen LogP contribution in [0, 0.1) is 29.1 Å². The van der Waals surface area contributed by atoms with Gasteiger partial charge in [-0.1, -0.05) is 0 Å². The standard InChI is InChI=1S/C6HF5O.2C3HF6O.Al/c7-1-2(8)4(10)6(12)5(11)3(1)9;2*4-2(5,6)1(10)3(7,8)9;/h12H;2*1H;/q;2*-1;+3/p-1. The van der Waals surface area contributed by atoms with Gasteiger partial charge in [0.15, 0.2) is 5.75 Å². The number of benzene rings is 1. The Morgan fingerprint density at radius 1 is 0.455 bits per heavy atom. The van der Waals surface area contributed by atoms with Gasteiger partial charge in [-0.3, -0.25) is 0 Å². The summed E-state index contributed by atoms with van der Waals surface area (Å²) in [5.41, 5.74) is 0. The van der Waals surface area contributed by atoms with E-state index in [0.29, 0.717) is 0 Å². The Morgan fingerprint density at radius 3 is 0.939 bits per heavy atom. The van der Waals surface area contributed by atoms with Gasteiger partial charge in [-0.15, -0.1) is 0 Å². The fourth-order valence-electron chi connectivity index (χ4n) is 1.77. The first-order valence-corrected chi connectivity index (χ1v) is 8.66. The Labute approximate surface area is 174 Å². The molecule has 21 heteroatoms. The van der Waals surface area contributed by atoms with E-state index in [-0.39, 0.29) is 0 Å². The van der Waals surface area contributed by atoms with E-state index in [4.69, 9.17) is 0 Å². The lowest BCUT2D eigenvalue weighted by Gasteiger charge is -2.29. The molecule has 33 heavy (non-hydrogen) atoms. The maximum absolute atomic E-state index is 13.5. The molecule has 0 heterocycles. The minimum absolute atomic E-state index is 2.85. The Bertz CT molecular complexity index is 751. The molecule has 0 amide bonds. The molecule has 0 saturated carbocycles. The van der Waals surface area contributed by atoms with Crippen molar-refractivity contribution in [2.45, 2.75) is 36.9 Å². The fraction of sp³-hybridized carbons (Fsp3) is 0.500. The van der Waals surface area contributed by atoms with Crippen LogP contribution in [0.3, 0.4) is 0 Å². The maximum atomic E-state index is 13.5. The minimum atomic E-state index is -6.63. The van der Waals surface area contributed by atoms with Gasteiger partial charge in [0.05, 0.1) is 0 Å². The average Bonchev–Trinajstić information content (AvgIpc) is 2.59. The summed E-state index contributed by atoms with van der Waals surface area (Å²) in [7, 11) is 0. The van der Waals surface area contributed by atoms with Gasteiger partial charge < -0.3 is 11.4 Å². The van der Waals surface area contributed by atoms with Crippen LogP contribution in [0.1, 0.15) is 0 Å². The molecule has 1 aromatic carbocycles. The van der Waals surface area contributed by atoms with Crippen LogP contribution in [0.25, 0.3) is 0 Å². The van der Waals surface area contributed by atoms with Crippen molar-refractivity contribution in [1.29, 1.82) is 0 Å². The van der Waals surface area contributed by atoms with Crippen LogP contribution in [0.5, 0.6) is 5.75 Å². The van der Waals surface area contributed by atoms with E-state index < -0.39 is 86.9 Å². The molecule has 0 fully saturated rings. The predicted molar refractivity (Wildman–Crippen MR) is 66.6 cm³/mol. The van der Waals surface area contributed by atoms with E-state index in [9.17, 15) is 74.6 Å². The van der Waals surface area contributed by atoms with Crippen molar-refractivity contribution in [3.8, 4) is 5.75 Å². The first-order valence-electron chi connectivity index (χ1n) is 7.25.